The summed E-state index contributed by atoms with van der Waals surface area (Å²) in [6, 6.07) is 4.80. The Hall–Kier alpha value is -0.980. The fraction of sp³-hybridized carbons (Fsp3) is 0.600. The van der Waals surface area contributed by atoms with Crippen LogP contribution in [0.4, 0.5) is 5.69 Å². The zero-order valence-corrected chi connectivity index (χ0v) is 11.2. The summed E-state index contributed by atoms with van der Waals surface area (Å²) in [4.78, 5) is 2.39. The molecular weight excluding hydrogens is 194 g/mol. The molecule has 0 amide bonds. The molecule has 1 heterocycles. The van der Waals surface area contributed by atoms with E-state index in [4.69, 9.17) is 0 Å². The van der Waals surface area contributed by atoms with E-state index in [0.717, 1.165) is 0 Å². The molecule has 0 saturated heterocycles. The Bertz CT molecular complexity index is 399. The van der Waals surface area contributed by atoms with Crippen molar-refractivity contribution in [1.29, 1.82) is 0 Å². The van der Waals surface area contributed by atoms with Crippen molar-refractivity contribution in [3.63, 3.8) is 0 Å². The highest BCUT2D eigenvalue weighted by molar-refractivity contribution is 5.59. The molecule has 0 fully saturated rings. The smallest absolute Gasteiger partial charge is 0.0399 e. The fourth-order valence-electron chi connectivity index (χ4n) is 2.73. The van der Waals surface area contributed by atoms with Crippen molar-refractivity contribution >= 4 is 5.69 Å². The van der Waals surface area contributed by atoms with E-state index in [1.807, 2.05) is 0 Å². The van der Waals surface area contributed by atoms with Crippen LogP contribution in [0.2, 0.25) is 0 Å². The number of fused-ring (bicyclic) bond motifs is 1. The summed E-state index contributed by atoms with van der Waals surface area (Å²) in [5.41, 5.74) is 6.16. The predicted octanol–water partition coefficient (Wildman–Crippen LogP) is 3.67. The number of hydrogen-bond donors (Lipinski definition) is 0. The first-order valence-corrected chi connectivity index (χ1v) is 6.25. The van der Waals surface area contributed by atoms with Gasteiger partial charge in [-0.15, -0.1) is 0 Å². The Labute approximate surface area is 99.5 Å². The second-order valence-corrected chi connectivity index (χ2v) is 6.07. The molecule has 1 aromatic carbocycles. The predicted molar refractivity (Wildman–Crippen MR) is 71.5 cm³/mol. The number of nitrogens with zero attached hydrogens (tertiary/aromatic N) is 1. The van der Waals surface area contributed by atoms with E-state index in [9.17, 15) is 0 Å². The van der Waals surface area contributed by atoms with Gasteiger partial charge in [0.25, 0.3) is 0 Å². The second-order valence-electron chi connectivity index (χ2n) is 6.07. The Morgan fingerprint density at radius 2 is 1.88 bits per heavy atom. The number of rotatable bonds is 0. The topological polar surface area (TPSA) is 3.24 Å². The molecule has 1 aliphatic rings. The van der Waals surface area contributed by atoms with Gasteiger partial charge in [0.15, 0.2) is 0 Å². The van der Waals surface area contributed by atoms with Gasteiger partial charge in [-0.3, -0.25) is 0 Å². The minimum atomic E-state index is 0.259. The number of anilines is 1. The third-order valence-electron chi connectivity index (χ3n) is 3.58. The summed E-state index contributed by atoms with van der Waals surface area (Å²) in [5, 5.41) is 0. The molecule has 0 saturated carbocycles. The summed E-state index contributed by atoms with van der Waals surface area (Å²) in [5.74, 6) is 0. The van der Waals surface area contributed by atoms with Crippen molar-refractivity contribution in [2.45, 2.75) is 46.0 Å². The third-order valence-corrected chi connectivity index (χ3v) is 3.58. The molecule has 1 aromatic rings. The van der Waals surface area contributed by atoms with Crippen LogP contribution in [0.5, 0.6) is 0 Å². The van der Waals surface area contributed by atoms with Gasteiger partial charge in [-0.05, 0) is 47.9 Å². The highest BCUT2D eigenvalue weighted by atomic mass is 15.1. The maximum absolute atomic E-state index is 2.43. The normalized spacial score (nSPS) is 16.2. The molecule has 2 rings (SSSR count). The average Bonchev–Trinajstić information content (AvgIpc) is 2.17. The maximum Gasteiger partial charge on any atom is 0.0399 e. The third kappa shape index (κ3) is 1.95. The van der Waals surface area contributed by atoms with Crippen LogP contribution in [0.1, 0.15) is 43.9 Å². The lowest BCUT2D eigenvalue weighted by atomic mass is 9.81. The minimum absolute atomic E-state index is 0.259. The quantitative estimate of drug-likeness (QED) is 0.641. The van der Waals surface area contributed by atoms with Crippen molar-refractivity contribution < 1.29 is 0 Å². The van der Waals surface area contributed by atoms with Crippen molar-refractivity contribution in [3.8, 4) is 0 Å². The first kappa shape index (κ1) is 11.5. The van der Waals surface area contributed by atoms with E-state index >= 15 is 0 Å². The first-order chi connectivity index (χ1) is 7.39. The summed E-state index contributed by atoms with van der Waals surface area (Å²) in [6.45, 7) is 10.3. The lowest BCUT2D eigenvalue weighted by Crippen LogP contribution is -2.26. The van der Waals surface area contributed by atoms with Crippen LogP contribution < -0.4 is 4.90 Å². The molecule has 0 radical (unpaired) electrons. The van der Waals surface area contributed by atoms with E-state index in [2.05, 4.69) is 51.8 Å². The molecule has 16 heavy (non-hydrogen) atoms. The molecule has 1 aliphatic heterocycles. The lowest BCUT2D eigenvalue weighted by Gasteiger charge is -2.31. The van der Waals surface area contributed by atoms with E-state index < -0.39 is 0 Å². The van der Waals surface area contributed by atoms with Crippen LogP contribution >= 0.6 is 0 Å². The SMILES string of the molecule is Cc1cc2c(cc1C(C)(C)C)CCCN2C. The fourth-order valence-corrected chi connectivity index (χ4v) is 2.73. The largest absolute Gasteiger partial charge is 0.374 e. The van der Waals surface area contributed by atoms with Gasteiger partial charge in [-0.25, -0.2) is 0 Å². The Morgan fingerprint density at radius 3 is 2.50 bits per heavy atom. The summed E-state index contributed by atoms with van der Waals surface area (Å²) in [6.07, 6.45) is 2.53. The number of aryl methyl sites for hydroxylation is 2. The van der Waals surface area contributed by atoms with Crippen LogP contribution in [-0.4, -0.2) is 13.6 Å². The van der Waals surface area contributed by atoms with Gasteiger partial charge in [0.2, 0.25) is 0 Å². The van der Waals surface area contributed by atoms with Gasteiger partial charge in [0.05, 0.1) is 0 Å². The average molecular weight is 217 g/mol. The standard InChI is InChI=1S/C15H23N/c1-11-9-14-12(7-6-8-16(14)5)10-13(11)15(2,3)4/h9-10H,6-8H2,1-5H3. The Morgan fingerprint density at radius 1 is 1.19 bits per heavy atom. The van der Waals surface area contributed by atoms with Gasteiger partial charge in [0.1, 0.15) is 0 Å². The molecule has 0 unspecified atom stereocenters. The van der Waals surface area contributed by atoms with Crippen LogP contribution in [0.3, 0.4) is 0 Å². The molecule has 0 spiro atoms. The van der Waals surface area contributed by atoms with Gasteiger partial charge in [-0.1, -0.05) is 26.8 Å². The lowest BCUT2D eigenvalue weighted by molar-refractivity contribution is 0.583. The molecule has 1 nitrogen and oxygen atoms in total. The van der Waals surface area contributed by atoms with E-state index in [0.29, 0.717) is 0 Å². The molecule has 1 heteroatoms. The molecule has 88 valence electrons. The molecular formula is C15H23N. The summed E-state index contributed by atoms with van der Waals surface area (Å²) in [7, 11) is 2.20. The van der Waals surface area contributed by atoms with Crippen LogP contribution in [0, 0.1) is 6.92 Å². The summed E-state index contributed by atoms with van der Waals surface area (Å²) < 4.78 is 0. The molecule has 0 atom stereocenters. The molecule has 0 N–H and O–H groups in total. The van der Waals surface area contributed by atoms with Gasteiger partial charge in [0, 0.05) is 19.3 Å². The van der Waals surface area contributed by atoms with Gasteiger partial charge < -0.3 is 4.90 Å². The number of hydrogen-bond acceptors (Lipinski definition) is 1. The molecule has 0 aromatic heterocycles. The van der Waals surface area contributed by atoms with Gasteiger partial charge in [-0.2, -0.15) is 0 Å². The monoisotopic (exact) mass is 217 g/mol. The van der Waals surface area contributed by atoms with Crippen molar-refractivity contribution in [2.75, 3.05) is 18.5 Å². The van der Waals surface area contributed by atoms with Crippen LogP contribution in [-0.2, 0) is 11.8 Å². The van der Waals surface area contributed by atoms with Crippen LogP contribution in [0.25, 0.3) is 0 Å². The highest BCUT2D eigenvalue weighted by Crippen LogP contribution is 2.34. The van der Waals surface area contributed by atoms with E-state index in [1.54, 1.807) is 0 Å². The van der Waals surface area contributed by atoms with E-state index in [1.165, 1.54) is 41.8 Å². The van der Waals surface area contributed by atoms with Crippen molar-refractivity contribution in [1.82, 2.24) is 0 Å². The second kappa shape index (κ2) is 3.80. The zero-order chi connectivity index (χ0) is 11.9. The minimum Gasteiger partial charge on any atom is -0.374 e. The van der Waals surface area contributed by atoms with Gasteiger partial charge >= 0.3 is 0 Å². The summed E-state index contributed by atoms with van der Waals surface area (Å²) >= 11 is 0. The molecule has 0 bridgehead atoms. The van der Waals surface area contributed by atoms with Crippen LogP contribution in [0.15, 0.2) is 12.1 Å². The first-order valence-electron chi connectivity index (χ1n) is 6.25. The number of benzene rings is 1. The Balaban J connectivity index is 2.53. The molecule has 0 aliphatic carbocycles. The highest BCUT2D eigenvalue weighted by Gasteiger charge is 2.21. The Kier molecular flexibility index (Phi) is 2.73. The zero-order valence-electron chi connectivity index (χ0n) is 11.2. The maximum atomic E-state index is 2.43. The van der Waals surface area contributed by atoms with E-state index in [-0.39, 0.29) is 5.41 Å². The van der Waals surface area contributed by atoms with Crippen molar-refractivity contribution in [3.05, 3.63) is 28.8 Å². The van der Waals surface area contributed by atoms with Crippen molar-refractivity contribution in [2.24, 2.45) is 0 Å².